The molecule has 1 saturated carbocycles. The van der Waals surface area contributed by atoms with Crippen LogP contribution in [0.4, 0.5) is 0 Å². The van der Waals surface area contributed by atoms with Crippen molar-refractivity contribution in [2.45, 2.75) is 51.2 Å². The summed E-state index contributed by atoms with van der Waals surface area (Å²) in [7, 11) is -1.81. The van der Waals surface area contributed by atoms with Gasteiger partial charge < -0.3 is 0 Å². The molecule has 7 nitrogen and oxygen atoms in total. The van der Waals surface area contributed by atoms with E-state index < -0.39 is 10.2 Å². The summed E-state index contributed by atoms with van der Waals surface area (Å²) in [5.74, 6) is 0. The molecule has 136 valence electrons. The van der Waals surface area contributed by atoms with E-state index in [1.54, 1.807) is 18.1 Å². The number of rotatable bonds is 7. The van der Waals surface area contributed by atoms with Crippen molar-refractivity contribution in [1.82, 2.24) is 23.8 Å². The van der Waals surface area contributed by atoms with Gasteiger partial charge in [-0.3, -0.25) is 0 Å². The van der Waals surface area contributed by atoms with Gasteiger partial charge in [0.2, 0.25) is 0 Å². The molecule has 1 aliphatic rings. The minimum absolute atomic E-state index is 0.108. The summed E-state index contributed by atoms with van der Waals surface area (Å²) in [4.78, 5) is 3.94. The highest BCUT2D eigenvalue weighted by atomic mass is 32.2. The van der Waals surface area contributed by atoms with Gasteiger partial charge in [0, 0.05) is 19.6 Å². The molecule has 8 heteroatoms. The number of hydrogen-bond donors (Lipinski definition) is 1. The SMILES string of the molecule is CN(C1CCCCC1)S(=O)(=O)NCc1ccccc1Cn1cncn1. The van der Waals surface area contributed by atoms with E-state index in [0.29, 0.717) is 6.54 Å². The van der Waals surface area contributed by atoms with Crippen LogP contribution in [0.15, 0.2) is 36.9 Å². The van der Waals surface area contributed by atoms with E-state index in [2.05, 4.69) is 14.8 Å². The molecular formula is C17H25N5O2S. The lowest BCUT2D eigenvalue weighted by molar-refractivity contribution is 0.283. The van der Waals surface area contributed by atoms with Crippen molar-refractivity contribution in [3.63, 3.8) is 0 Å². The van der Waals surface area contributed by atoms with Crippen LogP contribution in [0.5, 0.6) is 0 Å². The van der Waals surface area contributed by atoms with Crippen molar-refractivity contribution < 1.29 is 8.42 Å². The first-order valence-electron chi connectivity index (χ1n) is 8.68. The summed E-state index contributed by atoms with van der Waals surface area (Å²) >= 11 is 0. The normalized spacial score (nSPS) is 16.4. The first kappa shape index (κ1) is 18.0. The average Bonchev–Trinajstić information content (AvgIpc) is 3.14. The highest BCUT2D eigenvalue weighted by Crippen LogP contribution is 2.23. The largest absolute Gasteiger partial charge is 0.279 e. The van der Waals surface area contributed by atoms with Crippen LogP contribution in [0.25, 0.3) is 0 Å². The smallest absolute Gasteiger partial charge is 0.249 e. The third-order valence-electron chi connectivity index (χ3n) is 4.83. The maximum atomic E-state index is 12.6. The van der Waals surface area contributed by atoms with Gasteiger partial charge in [-0.15, -0.1) is 0 Å². The monoisotopic (exact) mass is 363 g/mol. The van der Waals surface area contributed by atoms with Crippen LogP contribution in [0.3, 0.4) is 0 Å². The number of nitrogens with one attached hydrogen (secondary N) is 1. The molecule has 0 unspecified atom stereocenters. The van der Waals surface area contributed by atoms with Crippen LogP contribution in [0, 0.1) is 0 Å². The van der Waals surface area contributed by atoms with Gasteiger partial charge in [-0.25, -0.2) is 9.67 Å². The zero-order chi connectivity index (χ0) is 17.7. The highest BCUT2D eigenvalue weighted by molar-refractivity contribution is 7.87. The summed E-state index contributed by atoms with van der Waals surface area (Å²) in [6, 6.07) is 7.89. The van der Waals surface area contributed by atoms with E-state index in [0.717, 1.165) is 36.8 Å². The van der Waals surface area contributed by atoms with Gasteiger partial charge in [-0.2, -0.15) is 22.5 Å². The molecule has 1 heterocycles. The Balaban J connectivity index is 1.66. The lowest BCUT2D eigenvalue weighted by atomic mass is 9.96. The topological polar surface area (TPSA) is 80.1 Å². The average molecular weight is 363 g/mol. The number of aromatic nitrogens is 3. The van der Waals surface area contributed by atoms with Gasteiger partial charge in [-0.05, 0) is 24.0 Å². The Kier molecular flexibility index (Phi) is 5.82. The summed E-state index contributed by atoms with van der Waals surface area (Å²) < 4.78 is 31.2. The second-order valence-corrected chi connectivity index (χ2v) is 8.31. The Morgan fingerprint density at radius 2 is 1.92 bits per heavy atom. The highest BCUT2D eigenvalue weighted by Gasteiger charge is 2.27. The molecule has 1 fully saturated rings. The molecule has 0 spiro atoms. The van der Waals surface area contributed by atoms with Gasteiger partial charge in [0.05, 0.1) is 6.54 Å². The van der Waals surface area contributed by atoms with E-state index in [-0.39, 0.29) is 12.6 Å². The van der Waals surface area contributed by atoms with Gasteiger partial charge in [0.25, 0.3) is 10.2 Å². The minimum Gasteiger partial charge on any atom is -0.249 e. The van der Waals surface area contributed by atoms with Crippen molar-refractivity contribution in [2.75, 3.05) is 7.05 Å². The first-order valence-corrected chi connectivity index (χ1v) is 10.1. The lowest BCUT2D eigenvalue weighted by Gasteiger charge is -2.30. The number of nitrogens with zero attached hydrogens (tertiary/aromatic N) is 4. The summed E-state index contributed by atoms with van der Waals surface area (Å²) in [6.45, 7) is 0.834. The van der Waals surface area contributed by atoms with Crippen LogP contribution in [0.2, 0.25) is 0 Å². The van der Waals surface area contributed by atoms with Crippen molar-refractivity contribution in [3.8, 4) is 0 Å². The minimum atomic E-state index is -3.49. The molecule has 25 heavy (non-hydrogen) atoms. The third-order valence-corrected chi connectivity index (χ3v) is 6.40. The fourth-order valence-electron chi connectivity index (χ4n) is 3.28. The summed E-state index contributed by atoms with van der Waals surface area (Å²) in [5.41, 5.74) is 1.97. The van der Waals surface area contributed by atoms with Crippen molar-refractivity contribution >= 4 is 10.2 Å². The molecule has 2 aromatic rings. The molecule has 3 rings (SSSR count). The summed E-state index contributed by atoms with van der Waals surface area (Å²) in [5, 5.41) is 4.11. The molecule has 1 aliphatic carbocycles. The predicted molar refractivity (Wildman–Crippen MR) is 96.0 cm³/mol. The zero-order valence-corrected chi connectivity index (χ0v) is 15.3. The van der Waals surface area contributed by atoms with E-state index >= 15 is 0 Å². The molecule has 1 N–H and O–H groups in total. The van der Waals surface area contributed by atoms with E-state index in [1.807, 2.05) is 24.3 Å². The second kappa shape index (κ2) is 8.07. The van der Waals surface area contributed by atoms with Gasteiger partial charge >= 0.3 is 0 Å². The standard InChI is InChI=1S/C17H25N5O2S/c1-21(17-9-3-2-4-10-17)25(23,24)20-11-15-7-5-6-8-16(15)12-22-14-18-13-19-22/h5-8,13-14,17,20H,2-4,9-12H2,1H3. The van der Waals surface area contributed by atoms with Crippen molar-refractivity contribution in [3.05, 3.63) is 48.0 Å². The zero-order valence-electron chi connectivity index (χ0n) is 14.5. The lowest BCUT2D eigenvalue weighted by Crippen LogP contribution is -2.44. The molecule has 1 aromatic carbocycles. The predicted octanol–water partition coefficient (Wildman–Crippen LogP) is 1.93. The fraction of sp³-hybridized carbons (Fsp3) is 0.529. The Hall–Kier alpha value is -1.77. The maximum absolute atomic E-state index is 12.6. The van der Waals surface area contributed by atoms with Crippen LogP contribution >= 0.6 is 0 Å². The molecule has 0 atom stereocenters. The van der Waals surface area contributed by atoms with E-state index in [9.17, 15) is 8.42 Å². The Morgan fingerprint density at radius 3 is 2.60 bits per heavy atom. The van der Waals surface area contributed by atoms with Gasteiger partial charge in [0.1, 0.15) is 12.7 Å². The van der Waals surface area contributed by atoms with Gasteiger partial charge in [0.15, 0.2) is 0 Å². The van der Waals surface area contributed by atoms with E-state index in [1.165, 1.54) is 17.1 Å². The molecule has 0 saturated heterocycles. The molecular weight excluding hydrogens is 338 g/mol. The summed E-state index contributed by atoms with van der Waals surface area (Å²) in [6.07, 6.45) is 8.44. The van der Waals surface area contributed by atoms with E-state index in [4.69, 9.17) is 0 Å². The van der Waals surface area contributed by atoms with Gasteiger partial charge in [-0.1, -0.05) is 43.5 Å². The molecule has 0 amide bonds. The van der Waals surface area contributed by atoms with Crippen molar-refractivity contribution in [2.24, 2.45) is 0 Å². The molecule has 0 aliphatic heterocycles. The molecule has 0 radical (unpaired) electrons. The number of hydrogen-bond acceptors (Lipinski definition) is 4. The van der Waals surface area contributed by atoms with Crippen LogP contribution in [-0.4, -0.2) is 40.6 Å². The van der Waals surface area contributed by atoms with Crippen molar-refractivity contribution in [1.29, 1.82) is 0 Å². The Bertz CT molecular complexity index is 770. The molecule has 0 bridgehead atoms. The number of benzene rings is 1. The Morgan fingerprint density at radius 1 is 1.20 bits per heavy atom. The third kappa shape index (κ3) is 4.65. The fourth-order valence-corrected chi connectivity index (χ4v) is 4.43. The van der Waals surface area contributed by atoms with Crippen LogP contribution in [0.1, 0.15) is 43.2 Å². The quantitative estimate of drug-likeness (QED) is 0.815. The van der Waals surface area contributed by atoms with Crippen LogP contribution in [-0.2, 0) is 23.3 Å². The molecule has 1 aromatic heterocycles. The Labute approximate surface area is 149 Å². The maximum Gasteiger partial charge on any atom is 0.279 e. The second-order valence-electron chi connectivity index (χ2n) is 6.50. The van der Waals surface area contributed by atoms with Crippen LogP contribution < -0.4 is 4.72 Å². The first-order chi connectivity index (χ1) is 12.1.